The maximum atomic E-state index is 10.8. The third-order valence-electron chi connectivity index (χ3n) is 2.92. The fourth-order valence-corrected chi connectivity index (χ4v) is 2.49. The SMILES string of the molecule is CC(CCO)SCc1ccc(C(C)C(=O)O)cc1. The minimum Gasteiger partial charge on any atom is -0.481 e. The highest BCUT2D eigenvalue weighted by Crippen LogP contribution is 2.22. The normalized spacial score (nSPS) is 14.2. The predicted octanol–water partition coefficient (Wildman–Crippen LogP) is 2.88. The zero-order chi connectivity index (χ0) is 13.5. The summed E-state index contributed by atoms with van der Waals surface area (Å²) >= 11 is 1.80. The van der Waals surface area contributed by atoms with E-state index in [-0.39, 0.29) is 6.61 Å². The first-order chi connectivity index (χ1) is 8.54. The summed E-state index contributed by atoms with van der Waals surface area (Å²) in [6.07, 6.45) is 0.804. The first-order valence-corrected chi connectivity index (χ1v) is 7.13. The molecule has 1 aromatic carbocycles. The average Bonchev–Trinajstić information content (AvgIpc) is 2.36. The van der Waals surface area contributed by atoms with Gasteiger partial charge in [0.2, 0.25) is 0 Å². The molecular formula is C14H20O3S. The molecule has 100 valence electrons. The van der Waals surface area contributed by atoms with Crippen molar-refractivity contribution < 1.29 is 15.0 Å². The standard InChI is InChI=1S/C14H20O3S/c1-10(7-8-15)18-9-12-3-5-13(6-4-12)11(2)14(16)17/h3-6,10-11,15H,7-9H2,1-2H3,(H,16,17). The first-order valence-electron chi connectivity index (χ1n) is 6.08. The summed E-state index contributed by atoms with van der Waals surface area (Å²) in [5, 5.41) is 18.2. The number of hydrogen-bond acceptors (Lipinski definition) is 3. The quantitative estimate of drug-likeness (QED) is 0.798. The van der Waals surface area contributed by atoms with Gasteiger partial charge in [-0.15, -0.1) is 0 Å². The lowest BCUT2D eigenvalue weighted by Crippen LogP contribution is -2.07. The maximum Gasteiger partial charge on any atom is 0.310 e. The van der Waals surface area contributed by atoms with E-state index in [1.807, 2.05) is 24.3 Å². The maximum absolute atomic E-state index is 10.8. The Morgan fingerprint density at radius 1 is 1.28 bits per heavy atom. The van der Waals surface area contributed by atoms with Crippen LogP contribution in [0.1, 0.15) is 37.3 Å². The summed E-state index contributed by atoms with van der Waals surface area (Å²) in [4.78, 5) is 10.8. The Bertz CT molecular complexity index is 375. The Morgan fingerprint density at radius 2 is 1.89 bits per heavy atom. The van der Waals surface area contributed by atoms with Crippen LogP contribution in [0, 0.1) is 0 Å². The minimum atomic E-state index is -0.798. The van der Waals surface area contributed by atoms with Crippen LogP contribution in [-0.4, -0.2) is 28.0 Å². The summed E-state index contributed by atoms with van der Waals surface area (Å²) in [5.74, 6) is -0.364. The van der Waals surface area contributed by atoms with E-state index in [1.165, 1.54) is 5.56 Å². The Labute approximate surface area is 112 Å². The number of thioether (sulfide) groups is 1. The van der Waals surface area contributed by atoms with E-state index in [4.69, 9.17) is 10.2 Å². The molecular weight excluding hydrogens is 248 g/mol. The van der Waals surface area contributed by atoms with Gasteiger partial charge < -0.3 is 10.2 Å². The Hall–Kier alpha value is -1.00. The number of aliphatic hydroxyl groups excluding tert-OH is 1. The second-order valence-corrected chi connectivity index (χ2v) is 5.86. The van der Waals surface area contributed by atoms with Crippen molar-refractivity contribution in [3.05, 3.63) is 35.4 Å². The lowest BCUT2D eigenvalue weighted by atomic mass is 10.0. The molecule has 0 spiro atoms. The molecule has 0 aromatic heterocycles. The fraction of sp³-hybridized carbons (Fsp3) is 0.500. The van der Waals surface area contributed by atoms with Crippen molar-refractivity contribution in [3.63, 3.8) is 0 Å². The van der Waals surface area contributed by atoms with Crippen molar-refractivity contribution in [1.82, 2.24) is 0 Å². The third-order valence-corrected chi connectivity index (χ3v) is 4.23. The zero-order valence-electron chi connectivity index (χ0n) is 10.8. The highest BCUT2D eigenvalue weighted by atomic mass is 32.2. The van der Waals surface area contributed by atoms with Crippen molar-refractivity contribution in [2.45, 2.75) is 37.2 Å². The second-order valence-electron chi connectivity index (χ2n) is 4.44. The number of carbonyl (C=O) groups is 1. The summed E-state index contributed by atoms with van der Waals surface area (Å²) in [6.45, 7) is 4.01. The molecule has 0 fully saturated rings. The number of aliphatic hydroxyl groups is 1. The van der Waals surface area contributed by atoms with Crippen LogP contribution in [0.15, 0.2) is 24.3 Å². The summed E-state index contributed by atoms with van der Waals surface area (Å²) in [5.41, 5.74) is 2.02. The van der Waals surface area contributed by atoms with E-state index in [1.54, 1.807) is 18.7 Å². The van der Waals surface area contributed by atoms with Crippen LogP contribution in [-0.2, 0) is 10.5 Å². The van der Waals surface area contributed by atoms with Crippen LogP contribution in [0.3, 0.4) is 0 Å². The van der Waals surface area contributed by atoms with E-state index in [0.717, 1.165) is 17.7 Å². The van der Waals surface area contributed by atoms with E-state index in [2.05, 4.69) is 6.92 Å². The van der Waals surface area contributed by atoms with E-state index >= 15 is 0 Å². The summed E-state index contributed by atoms with van der Waals surface area (Å²) in [7, 11) is 0. The van der Waals surface area contributed by atoms with Gasteiger partial charge in [-0.1, -0.05) is 31.2 Å². The van der Waals surface area contributed by atoms with Crippen molar-refractivity contribution in [3.8, 4) is 0 Å². The van der Waals surface area contributed by atoms with Crippen LogP contribution in [0.25, 0.3) is 0 Å². The van der Waals surface area contributed by atoms with E-state index in [0.29, 0.717) is 5.25 Å². The van der Waals surface area contributed by atoms with Gasteiger partial charge in [-0.3, -0.25) is 4.79 Å². The zero-order valence-corrected chi connectivity index (χ0v) is 11.6. The molecule has 0 aliphatic heterocycles. The average molecular weight is 268 g/mol. The van der Waals surface area contributed by atoms with Gasteiger partial charge in [-0.05, 0) is 24.5 Å². The van der Waals surface area contributed by atoms with Gasteiger partial charge >= 0.3 is 5.97 Å². The first kappa shape index (κ1) is 15.1. The number of carboxylic acids is 1. The van der Waals surface area contributed by atoms with Gasteiger partial charge in [-0.25, -0.2) is 0 Å². The Morgan fingerprint density at radius 3 is 2.39 bits per heavy atom. The number of aliphatic carboxylic acids is 1. The lowest BCUT2D eigenvalue weighted by Gasteiger charge is -2.10. The van der Waals surface area contributed by atoms with Crippen LogP contribution in [0.5, 0.6) is 0 Å². The van der Waals surface area contributed by atoms with Gasteiger partial charge in [0.25, 0.3) is 0 Å². The van der Waals surface area contributed by atoms with Gasteiger partial charge in [0.05, 0.1) is 5.92 Å². The molecule has 0 aliphatic carbocycles. The van der Waals surface area contributed by atoms with Gasteiger partial charge in [-0.2, -0.15) is 11.8 Å². The van der Waals surface area contributed by atoms with Crippen molar-refractivity contribution in [1.29, 1.82) is 0 Å². The summed E-state index contributed by atoms with van der Waals surface area (Å²) < 4.78 is 0. The molecule has 18 heavy (non-hydrogen) atoms. The van der Waals surface area contributed by atoms with Gasteiger partial charge in [0.15, 0.2) is 0 Å². The molecule has 0 amide bonds. The van der Waals surface area contributed by atoms with E-state index in [9.17, 15) is 4.79 Å². The molecule has 0 saturated heterocycles. The van der Waals surface area contributed by atoms with Gasteiger partial charge in [0, 0.05) is 17.6 Å². The molecule has 0 radical (unpaired) electrons. The molecule has 2 unspecified atom stereocenters. The monoisotopic (exact) mass is 268 g/mol. The van der Waals surface area contributed by atoms with Crippen LogP contribution >= 0.6 is 11.8 Å². The third kappa shape index (κ3) is 4.70. The van der Waals surface area contributed by atoms with Crippen molar-refractivity contribution >= 4 is 17.7 Å². The van der Waals surface area contributed by atoms with E-state index < -0.39 is 11.9 Å². The van der Waals surface area contributed by atoms with Crippen LogP contribution < -0.4 is 0 Å². The van der Waals surface area contributed by atoms with Crippen molar-refractivity contribution in [2.75, 3.05) is 6.61 Å². The number of benzene rings is 1. The lowest BCUT2D eigenvalue weighted by molar-refractivity contribution is -0.138. The van der Waals surface area contributed by atoms with Crippen LogP contribution in [0.2, 0.25) is 0 Å². The molecule has 4 heteroatoms. The number of hydrogen-bond donors (Lipinski definition) is 2. The molecule has 1 rings (SSSR count). The number of rotatable bonds is 7. The molecule has 1 aromatic rings. The second kappa shape index (κ2) is 7.44. The summed E-state index contributed by atoms with van der Waals surface area (Å²) in [6, 6.07) is 7.72. The van der Waals surface area contributed by atoms with Crippen LogP contribution in [0.4, 0.5) is 0 Å². The molecule has 0 saturated carbocycles. The molecule has 0 bridgehead atoms. The topological polar surface area (TPSA) is 57.5 Å². The molecule has 0 heterocycles. The predicted molar refractivity (Wildman–Crippen MR) is 75.0 cm³/mol. The molecule has 2 atom stereocenters. The molecule has 0 aliphatic rings. The molecule has 2 N–H and O–H groups in total. The minimum absolute atomic E-state index is 0.225. The smallest absolute Gasteiger partial charge is 0.310 e. The van der Waals surface area contributed by atoms with Crippen molar-refractivity contribution in [2.24, 2.45) is 0 Å². The fourth-order valence-electron chi connectivity index (χ4n) is 1.55. The largest absolute Gasteiger partial charge is 0.481 e. The Balaban J connectivity index is 2.53. The van der Waals surface area contributed by atoms with Gasteiger partial charge in [0.1, 0.15) is 0 Å². The highest BCUT2D eigenvalue weighted by molar-refractivity contribution is 7.99. The molecule has 3 nitrogen and oxygen atoms in total. The highest BCUT2D eigenvalue weighted by Gasteiger charge is 2.13. The number of carboxylic acid groups (broad SMARTS) is 1. The Kier molecular flexibility index (Phi) is 6.22.